The molecule has 0 spiro atoms. The van der Waals surface area contributed by atoms with E-state index in [0.29, 0.717) is 29.9 Å². The van der Waals surface area contributed by atoms with Crippen molar-refractivity contribution in [3.05, 3.63) is 64.1 Å². The van der Waals surface area contributed by atoms with E-state index in [1.807, 2.05) is 49.4 Å². The normalized spacial score (nSPS) is 10.8. The third-order valence-electron chi connectivity index (χ3n) is 4.06. The summed E-state index contributed by atoms with van der Waals surface area (Å²) in [5.41, 5.74) is 1.87. The van der Waals surface area contributed by atoms with Crippen molar-refractivity contribution in [3.63, 3.8) is 0 Å². The van der Waals surface area contributed by atoms with Crippen LogP contribution in [0, 0.1) is 0 Å². The Kier molecular flexibility index (Phi) is 4.51. The second-order valence-electron chi connectivity index (χ2n) is 5.48. The van der Waals surface area contributed by atoms with E-state index in [2.05, 4.69) is 5.10 Å². The monoisotopic (exact) mass is 324 g/mol. The van der Waals surface area contributed by atoms with Crippen LogP contribution in [0.5, 0.6) is 11.5 Å². The molecule has 124 valence electrons. The largest absolute Gasteiger partial charge is 0.493 e. The summed E-state index contributed by atoms with van der Waals surface area (Å²) in [6.07, 6.45) is 0.612. The van der Waals surface area contributed by atoms with Crippen LogP contribution >= 0.6 is 0 Å². The summed E-state index contributed by atoms with van der Waals surface area (Å²) in [7, 11) is 3.23. The van der Waals surface area contributed by atoms with Crippen LogP contribution in [-0.4, -0.2) is 24.0 Å². The van der Waals surface area contributed by atoms with Crippen molar-refractivity contribution in [1.29, 1.82) is 0 Å². The van der Waals surface area contributed by atoms with Gasteiger partial charge in [0.15, 0.2) is 11.5 Å². The van der Waals surface area contributed by atoms with E-state index in [0.717, 1.165) is 16.6 Å². The standard InChI is InChI=1S/C19H20N2O3/c1-4-21-19(22)15-8-6-5-7-14(15)16(20-21)11-13-9-10-17(23-2)18(12-13)24-3/h5-10,12H,4,11H2,1-3H3. The molecule has 0 atom stereocenters. The van der Waals surface area contributed by atoms with Gasteiger partial charge in [0.1, 0.15) is 0 Å². The lowest BCUT2D eigenvalue weighted by Crippen LogP contribution is -2.23. The van der Waals surface area contributed by atoms with Gasteiger partial charge in [-0.2, -0.15) is 5.10 Å². The Morgan fingerprint density at radius 2 is 1.71 bits per heavy atom. The zero-order valence-electron chi connectivity index (χ0n) is 14.1. The molecule has 0 aliphatic rings. The Balaban J connectivity index is 2.10. The predicted molar refractivity (Wildman–Crippen MR) is 94.0 cm³/mol. The number of benzene rings is 2. The van der Waals surface area contributed by atoms with Gasteiger partial charge in [-0.05, 0) is 30.7 Å². The van der Waals surface area contributed by atoms with Crippen LogP contribution in [-0.2, 0) is 13.0 Å². The van der Waals surface area contributed by atoms with Gasteiger partial charge < -0.3 is 9.47 Å². The van der Waals surface area contributed by atoms with Gasteiger partial charge in [0.05, 0.1) is 25.3 Å². The molecule has 1 heterocycles. The van der Waals surface area contributed by atoms with E-state index in [1.54, 1.807) is 14.2 Å². The van der Waals surface area contributed by atoms with Gasteiger partial charge in [-0.1, -0.05) is 24.3 Å². The smallest absolute Gasteiger partial charge is 0.274 e. The molecular weight excluding hydrogens is 304 g/mol. The number of hydrogen-bond acceptors (Lipinski definition) is 4. The minimum absolute atomic E-state index is 0.0517. The number of aromatic nitrogens is 2. The van der Waals surface area contributed by atoms with Crippen LogP contribution < -0.4 is 15.0 Å². The van der Waals surface area contributed by atoms with E-state index in [1.165, 1.54) is 4.68 Å². The molecule has 1 aromatic heterocycles. The zero-order chi connectivity index (χ0) is 17.1. The lowest BCUT2D eigenvalue weighted by Gasteiger charge is -2.12. The van der Waals surface area contributed by atoms with Crippen LogP contribution in [0.3, 0.4) is 0 Å². The maximum atomic E-state index is 12.4. The molecule has 0 aliphatic carbocycles. The van der Waals surface area contributed by atoms with Crippen molar-refractivity contribution in [2.45, 2.75) is 19.9 Å². The average Bonchev–Trinajstić information content (AvgIpc) is 2.64. The van der Waals surface area contributed by atoms with Crippen molar-refractivity contribution in [2.24, 2.45) is 0 Å². The highest BCUT2D eigenvalue weighted by molar-refractivity contribution is 5.83. The summed E-state index contributed by atoms with van der Waals surface area (Å²) >= 11 is 0. The Hall–Kier alpha value is -2.82. The Morgan fingerprint density at radius 3 is 2.38 bits per heavy atom. The fourth-order valence-electron chi connectivity index (χ4n) is 2.83. The molecule has 5 heteroatoms. The Labute approximate surface area is 140 Å². The third-order valence-corrected chi connectivity index (χ3v) is 4.06. The summed E-state index contributed by atoms with van der Waals surface area (Å²) in [5.74, 6) is 1.38. The van der Waals surface area contributed by atoms with Crippen LogP contribution in [0.25, 0.3) is 10.8 Å². The second-order valence-corrected chi connectivity index (χ2v) is 5.48. The molecule has 0 fully saturated rings. The average molecular weight is 324 g/mol. The third kappa shape index (κ3) is 2.85. The minimum atomic E-state index is -0.0517. The number of ether oxygens (including phenoxy) is 2. The Morgan fingerprint density at radius 1 is 1.00 bits per heavy atom. The predicted octanol–water partition coefficient (Wildman–Crippen LogP) is 3.02. The van der Waals surface area contributed by atoms with E-state index >= 15 is 0 Å². The van der Waals surface area contributed by atoms with Gasteiger partial charge in [-0.25, -0.2) is 4.68 Å². The number of rotatable bonds is 5. The highest BCUT2D eigenvalue weighted by atomic mass is 16.5. The van der Waals surface area contributed by atoms with Gasteiger partial charge in [0.2, 0.25) is 0 Å². The SMILES string of the molecule is CCn1nc(Cc2ccc(OC)c(OC)c2)c2ccccc2c1=O. The summed E-state index contributed by atoms with van der Waals surface area (Å²) in [6.45, 7) is 2.46. The van der Waals surface area contributed by atoms with Crippen LogP contribution in [0.15, 0.2) is 47.3 Å². The molecule has 3 rings (SSSR count). The summed E-state index contributed by atoms with van der Waals surface area (Å²) in [4.78, 5) is 12.4. The summed E-state index contributed by atoms with van der Waals surface area (Å²) in [5, 5.41) is 6.13. The first-order valence-corrected chi connectivity index (χ1v) is 7.87. The number of hydrogen-bond donors (Lipinski definition) is 0. The lowest BCUT2D eigenvalue weighted by molar-refractivity contribution is 0.354. The molecule has 0 unspecified atom stereocenters. The molecule has 0 saturated heterocycles. The van der Waals surface area contributed by atoms with E-state index in [4.69, 9.17) is 9.47 Å². The van der Waals surface area contributed by atoms with Crippen molar-refractivity contribution >= 4 is 10.8 Å². The molecular formula is C19H20N2O3. The molecule has 0 aliphatic heterocycles. The maximum Gasteiger partial charge on any atom is 0.274 e. The lowest BCUT2D eigenvalue weighted by atomic mass is 10.0. The van der Waals surface area contributed by atoms with E-state index in [-0.39, 0.29) is 5.56 Å². The molecule has 0 radical (unpaired) electrons. The topological polar surface area (TPSA) is 53.4 Å². The highest BCUT2D eigenvalue weighted by Gasteiger charge is 2.11. The van der Waals surface area contributed by atoms with Crippen LogP contribution in [0.2, 0.25) is 0 Å². The zero-order valence-corrected chi connectivity index (χ0v) is 14.1. The van der Waals surface area contributed by atoms with E-state index < -0.39 is 0 Å². The van der Waals surface area contributed by atoms with Gasteiger partial charge in [-0.3, -0.25) is 4.79 Å². The van der Waals surface area contributed by atoms with Crippen molar-refractivity contribution in [2.75, 3.05) is 14.2 Å². The first kappa shape index (κ1) is 16.1. The molecule has 0 amide bonds. The van der Waals surface area contributed by atoms with Gasteiger partial charge in [0, 0.05) is 18.4 Å². The first-order valence-electron chi connectivity index (χ1n) is 7.87. The highest BCUT2D eigenvalue weighted by Crippen LogP contribution is 2.29. The molecule has 0 saturated carbocycles. The van der Waals surface area contributed by atoms with Gasteiger partial charge >= 0.3 is 0 Å². The minimum Gasteiger partial charge on any atom is -0.493 e. The van der Waals surface area contributed by atoms with Crippen LogP contribution in [0.1, 0.15) is 18.2 Å². The number of aryl methyl sites for hydroxylation is 1. The molecule has 3 aromatic rings. The molecule has 5 nitrogen and oxygen atoms in total. The van der Waals surface area contributed by atoms with Gasteiger partial charge in [-0.15, -0.1) is 0 Å². The quantitative estimate of drug-likeness (QED) is 0.724. The fraction of sp³-hybridized carbons (Fsp3) is 0.263. The maximum absolute atomic E-state index is 12.4. The Bertz CT molecular complexity index is 932. The molecule has 24 heavy (non-hydrogen) atoms. The van der Waals surface area contributed by atoms with E-state index in [9.17, 15) is 4.79 Å². The fourth-order valence-corrected chi connectivity index (χ4v) is 2.83. The molecule has 2 aromatic carbocycles. The number of fused-ring (bicyclic) bond motifs is 1. The van der Waals surface area contributed by atoms with Crippen molar-refractivity contribution in [1.82, 2.24) is 9.78 Å². The summed E-state index contributed by atoms with van der Waals surface area (Å²) in [6, 6.07) is 13.4. The molecule has 0 bridgehead atoms. The van der Waals surface area contributed by atoms with Crippen LogP contribution in [0.4, 0.5) is 0 Å². The van der Waals surface area contributed by atoms with Gasteiger partial charge in [0.25, 0.3) is 5.56 Å². The summed E-state index contributed by atoms with van der Waals surface area (Å²) < 4.78 is 12.2. The first-order chi connectivity index (χ1) is 11.7. The molecule has 0 N–H and O–H groups in total. The number of nitrogens with zero attached hydrogens (tertiary/aromatic N) is 2. The van der Waals surface area contributed by atoms with Crippen molar-refractivity contribution in [3.8, 4) is 11.5 Å². The number of methoxy groups -OCH3 is 2. The van der Waals surface area contributed by atoms with Crippen molar-refractivity contribution < 1.29 is 9.47 Å². The second kappa shape index (κ2) is 6.74.